The molecule has 0 spiro atoms. The first-order chi connectivity index (χ1) is 8.41. The molecule has 0 fully saturated rings. The SMILES string of the molecule is CC(C)n1nccc1-c1ncncc1C(O)(O)Cl. The number of halogens is 1. The maximum atomic E-state index is 9.51. The fourth-order valence-electron chi connectivity index (χ4n) is 1.68. The van der Waals surface area contributed by atoms with E-state index in [-0.39, 0.29) is 11.6 Å². The van der Waals surface area contributed by atoms with Gasteiger partial charge < -0.3 is 10.2 Å². The number of nitrogens with zero attached hydrogens (tertiary/aromatic N) is 4. The zero-order valence-corrected chi connectivity index (χ0v) is 10.7. The highest BCUT2D eigenvalue weighted by molar-refractivity contribution is 6.21. The molecule has 0 aliphatic rings. The molecule has 2 aromatic rings. The van der Waals surface area contributed by atoms with Gasteiger partial charge in [-0.15, -0.1) is 0 Å². The van der Waals surface area contributed by atoms with Crippen LogP contribution >= 0.6 is 11.6 Å². The largest absolute Gasteiger partial charge is 0.349 e. The molecule has 0 aliphatic carbocycles. The van der Waals surface area contributed by atoms with Crippen LogP contribution in [0.5, 0.6) is 0 Å². The van der Waals surface area contributed by atoms with Gasteiger partial charge in [0.2, 0.25) is 0 Å². The van der Waals surface area contributed by atoms with E-state index in [0.717, 1.165) is 0 Å². The summed E-state index contributed by atoms with van der Waals surface area (Å²) in [5, 5.41) is 20.7. The van der Waals surface area contributed by atoms with Crippen molar-refractivity contribution in [3.63, 3.8) is 0 Å². The maximum Gasteiger partial charge on any atom is 0.275 e. The van der Waals surface area contributed by atoms with Crippen molar-refractivity contribution in [1.29, 1.82) is 0 Å². The molecule has 96 valence electrons. The number of hydrogen-bond acceptors (Lipinski definition) is 5. The number of aromatic nitrogens is 4. The number of alkyl halides is 1. The van der Waals surface area contributed by atoms with Gasteiger partial charge in [-0.25, -0.2) is 9.97 Å². The highest BCUT2D eigenvalue weighted by Gasteiger charge is 2.28. The van der Waals surface area contributed by atoms with Gasteiger partial charge >= 0.3 is 0 Å². The first kappa shape index (κ1) is 12.9. The van der Waals surface area contributed by atoms with Crippen molar-refractivity contribution in [1.82, 2.24) is 19.7 Å². The van der Waals surface area contributed by atoms with E-state index in [2.05, 4.69) is 15.1 Å². The van der Waals surface area contributed by atoms with Crippen molar-refractivity contribution in [2.45, 2.75) is 25.1 Å². The summed E-state index contributed by atoms with van der Waals surface area (Å²) >= 11 is 5.51. The minimum atomic E-state index is -2.51. The lowest BCUT2D eigenvalue weighted by atomic mass is 10.1. The summed E-state index contributed by atoms with van der Waals surface area (Å²) in [6.07, 6.45) is 4.21. The lowest BCUT2D eigenvalue weighted by molar-refractivity contribution is -0.0902. The molecule has 0 aromatic carbocycles. The van der Waals surface area contributed by atoms with Crippen molar-refractivity contribution in [2.75, 3.05) is 0 Å². The van der Waals surface area contributed by atoms with Crippen molar-refractivity contribution < 1.29 is 10.2 Å². The molecule has 6 nitrogen and oxygen atoms in total. The fraction of sp³-hybridized carbons (Fsp3) is 0.364. The van der Waals surface area contributed by atoms with Gasteiger partial charge in [0.25, 0.3) is 5.25 Å². The summed E-state index contributed by atoms with van der Waals surface area (Å²) in [7, 11) is 0. The molecule has 0 saturated heterocycles. The van der Waals surface area contributed by atoms with Crippen molar-refractivity contribution in [3.05, 3.63) is 30.4 Å². The number of aliphatic hydroxyl groups is 2. The van der Waals surface area contributed by atoms with Crippen molar-refractivity contribution >= 4 is 11.6 Å². The molecule has 2 heterocycles. The van der Waals surface area contributed by atoms with Crippen LogP contribution in [0.15, 0.2) is 24.8 Å². The van der Waals surface area contributed by atoms with Crippen LogP contribution in [0.4, 0.5) is 0 Å². The molecule has 2 rings (SSSR count). The topological polar surface area (TPSA) is 84.1 Å². The monoisotopic (exact) mass is 268 g/mol. The Morgan fingerprint density at radius 2 is 2.11 bits per heavy atom. The van der Waals surface area contributed by atoms with E-state index in [4.69, 9.17) is 11.6 Å². The van der Waals surface area contributed by atoms with Crippen LogP contribution in [0.25, 0.3) is 11.4 Å². The van der Waals surface area contributed by atoms with Crippen LogP contribution in [0.2, 0.25) is 0 Å². The Morgan fingerprint density at radius 1 is 1.39 bits per heavy atom. The van der Waals surface area contributed by atoms with E-state index in [1.54, 1.807) is 16.9 Å². The molecule has 7 heteroatoms. The van der Waals surface area contributed by atoms with Crippen LogP contribution < -0.4 is 0 Å². The summed E-state index contributed by atoms with van der Waals surface area (Å²) < 4.78 is 1.72. The third kappa shape index (κ3) is 2.35. The molecule has 0 radical (unpaired) electrons. The minimum absolute atomic E-state index is 0.0223. The number of rotatable bonds is 3. The summed E-state index contributed by atoms with van der Waals surface area (Å²) in [5.41, 5.74) is 1.01. The van der Waals surface area contributed by atoms with Crippen LogP contribution in [0.1, 0.15) is 25.5 Å². The second-order valence-electron chi connectivity index (χ2n) is 4.13. The Hall–Kier alpha value is -1.50. The van der Waals surface area contributed by atoms with Crippen LogP contribution in [-0.2, 0) is 5.25 Å². The van der Waals surface area contributed by atoms with Gasteiger partial charge in [-0.1, -0.05) is 11.6 Å². The van der Waals surface area contributed by atoms with E-state index in [1.807, 2.05) is 13.8 Å². The van der Waals surface area contributed by atoms with Gasteiger partial charge in [0.1, 0.15) is 12.0 Å². The molecule has 2 aromatic heterocycles. The van der Waals surface area contributed by atoms with Gasteiger partial charge in [0, 0.05) is 18.4 Å². The van der Waals surface area contributed by atoms with Crippen molar-refractivity contribution in [3.8, 4) is 11.4 Å². The zero-order valence-electron chi connectivity index (χ0n) is 9.95. The third-order valence-electron chi connectivity index (χ3n) is 2.46. The average molecular weight is 269 g/mol. The van der Waals surface area contributed by atoms with Gasteiger partial charge in [-0.05, 0) is 19.9 Å². The van der Waals surface area contributed by atoms with E-state index in [9.17, 15) is 10.2 Å². The molecule has 0 atom stereocenters. The molecule has 0 bridgehead atoms. The summed E-state index contributed by atoms with van der Waals surface area (Å²) in [4.78, 5) is 7.81. The summed E-state index contributed by atoms with van der Waals surface area (Å²) in [6.45, 7) is 3.92. The summed E-state index contributed by atoms with van der Waals surface area (Å²) in [5.74, 6) is 0. The second kappa shape index (κ2) is 4.64. The quantitative estimate of drug-likeness (QED) is 0.647. The van der Waals surface area contributed by atoms with Crippen LogP contribution in [-0.4, -0.2) is 30.0 Å². The molecule has 0 saturated carbocycles. The lowest BCUT2D eigenvalue weighted by Gasteiger charge is -2.17. The molecule has 18 heavy (non-hydrogen) atoms. The van der Waals surface area contributed by atoms with Gasteiger partial charge in [-0.2, -0.15) is 5.10 Å². The highest BCUT2D eigenvalue weighted by Crippen LogP contribution is 2.31. The van der Waals surface area contributed by atoms with Crippen LogP contribution in [0.3, 0.4) is 0 Å². The molecule has 0 amide bonds. The Balaban J connectivity index is 2.61. The third-order valence-corrected chi connectivity index (χ3v) is 2.66. The first-order valence-corrected chi connectivity index (χ1v) is 5.77. The first-order valence-electron chi connectivity index (χ1n) is 5.39. The average Bonchev–Trinajstić information content (AvgIpc) is 2.76. The number of hydrogen-bond donors (Lipinski definition) is 2. The smallest absolute Gasteiger partial charge is 0.275 e. The molecule has 2 N–H and O–H groups in total. The standard InChI is InChI=1S/C11H13ClN4O2/c1-7(2)16-9(3-4-15-16)10-8(11(12,17)18)5-13-6-14-10/h3-7,17-18H,1-2H3. The predicted octanol–water partition coefficient (Wildman–Crippen LogP) is 1.25. The van der Waals surface area contributed by atoms with E-state index < -0.39 is 5.25 Å². The van der Waals surface area contributed by atoms with Gasteiger partial charge in [-0.3, -0.25) is 4.68 Å². The Kier molecular flexibility index (Phi) is 3.34. The maximum absolute atomic E-state index is 9.51. The normalized spacial score (nSPS) is 12.1. The lowest BCUT2D eigenvalue weighted by Crippen LogP contribution is -2.19. The summed E-state index contributed by atoms with van der Waals surface area (Å²) in [6, 6.07) is 1.84. The molecular formula is C11H13ClN4O2. The molecule has 0 aliphatic heterocycles. The van der Waals surface area contributed by atoms with E-state index in [0.29, 0.717) is 11.4 Å². The minimum Gasteiger partial charge on any atom is -0.349 e. The van der Waals surface area contributed by atoms with E-state index >= 15 is 0 Å². The molecular weight excluding hydrogens is 256 g/mol. The predicted molar refractivity (Wildman–Crippen MR) is 65.6 cm³/mol. The van der Waals surface area contributed by atoms with Crippen molar-refractivity contribution in [2.24, 2.45) is 0 Å². The highest BCUT2D eigenvalue weighted by atomic mass is 35.5. The Labute approximate surface area is 109 Å². The second-order valence-corrected chi connectivity index (χ2v) is 4.65. The fourth-order valence-corrected chi connectivity index (χ4v) is 1.82. The Morgan fingerprint density at radius 3 is 2.72 bits per heavy atom. The van der Waals surface area contributed by atoms with E-state index in [1.165, 1.54) is 12.5 Å². The Bertz CT molecular complexity index is 548. The molecule has 0 unspecified atom stereocenters. The zero-order chi connectivity index (χ0) is 13.3. The van der Waals surface area contributed by atoms with Gasteiger partial charge in [0.05, 0.1) is 11.3 Å². The van der Waals surface area contributed by atoms with Gasteiger partial charge in [0.15, 0.2) is 0 Å². The van der Waals surface area contributed by atoms with Crippen LogP contribution in [0, 0.1) is 0 Å².